The maximum atomic E-state index is 12.9. The Morgan fingerprint density at radius 3 is 2.60 bits per heavy atom. The summed E-state index contributed by atoms with van der Waals surface area (Å²) in [7, 11) is 0. The molecule has 10 nitrogen and oxygen atoms in total. The molecule has 11 heteroatoms. The van der Waals surface area contributed by atoms with E-state index in [1.807, 2.05) is 6.92 Å². The van der Waals surface area contributed by atoms with Crippen molar-refractivity contribution in [2.75, 3.05) is 30.3 Å². The summed E-state index contributed by atoms with van der Waals surface area (Å²) in [5, 5.41) is 12.3. The monoisotopic (exact) mass is 493 g/mol. The van der Waals surface area contributed by atoms with Crippen LogP contribution in [0.1, 0.15) is 44.6 Å². The number of aromatic nitrogens is 3. The molecule has 1 fully saturated rings. The lowest BCUT2D eigenvalue weighted by molar-refractivity contribution is -0.112. The van der Waals surface area contributed by atoms with E-state index in [0.29, 0.717) is 23.1 Å². The fourth-order valence-electron chi connectivity index (χ4n) is 3.54. The van der Waals surface area contributed by atoms with Gasteiger partial charge in [-0.2, -0.15) is 0 Å². The number of hydrogen-bond donors (Lipinski definition) is 4. The Balaban J connectivity index is 1.46. The van der Waals surface area contributed by atoms with Gasteiger partial charge in [0.15, 0.2) is 0 Å². The van der Waals surface area contributed by atoms with Gasteiger partial charge >= 0.3 is 0 Å². The number of rotatable bonds is 6. The molecule has 0 saturated carbocycles. The molecule has 1 saturated heterocycles. The number of aryl methyl sites for hydroxylation is 1. The fraction of sp³-hybridized carbons (Fsp3) is 0.250. The molecule has 0 radical (unpaired) electrons. The number of nitrogens with zero attached hydrogens (tertiary/aromatic N) is 3. The molecule has 0 spiro atoms. The minimum atomic E-state index is -0.927. The zero-order valence-corrected chi connectivity index (χ0v) is 19.7. The molecule has 1 atom stereocenters. The molecular formula is C24H24ClN7O3. The van der Waals surface area contributed by atoms with Crippen molar-refractivity contribution in [3.05, 3.63) is 76.5 Å². The summed E-state index contributed by atoms with van der Waals surface area (Å²) >= 11 is 5.83. The lowest BCUT2D eigenvalue weighted by atomic mass is 10.1. The van der Waals surface area contributed by atoms with Crippen LogP contribution in [0, 0.1) is 6.92 Å². The Bertz CT molecular complexity index is 1220. The van der Waals surface area contributed by atoms with Crippen LogP contribution in [0.5, 0.6) is 0 Å². The maximum absolute atomic E-state index is 12.9. The normalized spacial score (nSPS) is 15.7. The summed E-state index contributed by atoms with van der Waals surface area (Å²) in [4.78, 5) is 50.7. The first-order valence-electron chi connectivity index (χ1n) is 11.1. The highest BCUT2D eigenvalue weighted by Crippen LogP contribution is 2.20. The molecule has 1 aliphatic rings. The van der Waals surface area contributed by atoms with E-state index in [-0.39, 0.29) is 23.0 Å². The predicted molar refractivity (Wildman–Crippen MR) is 132 cm³/mol. The maximum Gasteiger partial charge on any atom is 0.298 e. The topological polar surface area (TPSA) is 138 Å². The summed E-state index contributed by atoms with van der Waals surface area (Å²) in [5.41, 5.74) is 1.75. The van der Waals surface area contributed by atoms with Crippen LogP contribution in [-0.4, -0.2) is 52.2 Å². The molecule has 4 rings (SSSR count). The molecule has 4 N–H and O–H groups in total. The number of amides is 2. The number of benzene rings is 1. The van der Waals surface area contributed by atoms with Gasteiger partial charge in [-0.25, -0.2) is 9.97 Å². The third-order valence-corrected chi connectivity index (χ3v) is 5.60. The van der Waals surface area contributed by atoms with Gasteiger partial charge in [-0.1, -0.05) is 23.2 Å². The molecule has 0 aliphatic carbocycles. The van der Waals surface area contributed by atoms with E-state index in [2.05, 4.69) is 36.2 Å². The Kier molecular flexibility index (Phi) is 7.76. The Hall–Kier alpha value is -3.73. The molecule has 1 unspecified atom stereocenters. The van der Waals surface area contributed by atoms with Gasteiger partial charge in [-0.05, 0) is 50.7 Å². The third-order valence-electron chi connectivity index (χ3n) is 5.37. The lowest BCUT2D eigenvalue weighted by Crippen LogP contribution is -2.29. The van der Waals surface area contributed by atoms with Crippen molar-refractivity contribution in [1.29, 1.82) is 0 Å². The summed E-state index contributed by atoms with van der Waals surface area (Å²) in [5.74, 6) is -1.99. The first kappa shape index (κ1) is 24.4. The van der Waals surface area contributed by atoms with Crippen LogP contribution in [0.15, 0.2) is 48.9 Å². The molecular weight excluding hydrogens is 470 g/mol. The van der Waals surface area contributed by atoms with Gasteiger partial charge in [0, 0.05) is 12.7 Å². The van der Waals surface area contributed by atoms with E-state index in [1.165, 1.54) is 18.6 Å². The van der Waals surface area contributed by atoms with Crippen molar-refractivity contribution in [3.8, 4) is 0 Å². The number of carbonyl (C=O) groups excluding carboxylic acids is 3. The second-order valence-corrected chi connectivity index (χ2v) is 8.48. The molecule has 3 heterocycles. The summed E-state index contributed by atoms with van der Waals surface area (Å²) in [6, 6.07) is 8.02. The van der Waals surface area contributed by atoms with Gasteiger partial charge in [0.2, 0.25) is 0 Å². The van der Waals surface area contributed by atoms with Crippen molar-refractivity contribution < 1.29 is 14.4 Å². The fourth-order valence-corrected chi connectivity index (χ4v) is 3.65. The second-order valence-electron chi connectivity index (χ2n) is 8.04. The van der Waals surface area contributed by atoms with Crippen molar-refractivity contribution in [2.24, 2.45) is 0 Å². The Morgan fingerprint density at radius 1 is 1.00 bits per heavy atom. The second kappa shape index (κ2) is 11.1. The highest BCUT2D eigenvalue weighted by Gasteiger charge is 2.22. The summed E-state index contributed by atoms with van der Waals surface area (Å²) in [6.07, 6.45) is 5.20. The molecule has 1 aliphatic heterocycles. The van der Waals surface area contributed by atoms with E-state index in [9.17, 15) is 14.4 Å². The van der Waals surface area contributed by atoms with Gasteiger partial charge in [0.25, 0.3) is 17.6 Å². The minimum absolute atomic E-state index is 0.0215. The predicted octanol–water partition coefficient (Wildman–Crippen LogP) is 2.53. The number of hydrogen-bond acceptors (Lipinski definition) is 8. The van der Waals surface area contributed by atoms with Crippen molar-refractivity contribution >= 4 is 40.7 Å². The van der Waals surface area contributed by atoms with E-state index in [0.717, 1.165) is 25.1 Å². The molecule has 180 valence electrons. The average molecular weight is 494 g/mol. The van der Waals surface area contributed by atoms with Crippen LogP contribution in [-0.2, 0) is 4.79 Å². The first-order valence-corrected chi connectivity index (χ1v) is 11.4. The van der Waals surface area contributed by atoms with Crippen LogP contribution in [0.25, 0.3) is 0 Å². The number of carbonyl (C=O) groups is 3. The van der Waals surface area contributed by atoms with Crippen molar-refractivity contribution in [3.63, 3.8) is 0 Å². The largest absolute Gasteiger partial charge is 0.318 e. The van der Waals surface area contributed by atoms with Crippen LogP contribution < -0.4 is 21.3 Å². The number of anilines is 2. The quantitative estimate of drug-likeness (QED) is 0.303. The zero-order valence-electron chi connectivity index (χ0n) is 19.0. The standard InChI is InChI=1S/C24H24ClN7O3/c1-14-3-5-17(16(9-14)23(34)32-21-6-4-15(25)10-30-21)31-24(35)22(33)20-13-28-19(12-29-20)18-11-26-7-2-8-27-18/h3-6,9-10,12-13,18,26-27H,2,7-8,11H2,1H3,(H,31,35)(H,30,32,34). The van der Waals surface area contributed by atoms with E-state index < -0.39 is 17.6 Å². The molecule has 2 aromatic heterocycles. The van der Waals surface area contributed by atoms with E-state index in [4.69, 9.17) is 11.6 Å². The lowest BCUT2D eigenvalue weighted by Gasteiger charge is -2.15. The number of pyridine rings is 1. The first-order chi connectivity index (χ1) is 16.9. The Morgan fingerprint density at radius 2 is 1.86 bits per heavy atom. The van der Waals surface area contributed by atoms with E-state index >= 15 is 0 Å². The highest BCUT2D eigenvalue weighted by molar-refractivity contribution is 6.46. The smallest absolute Gasteiger partial charge is 0.298 e. The van der Waals surface area contributed by atoms with Crippen LogP contribution in [0.2, 0.25) is 5.02 Å². The Labute approximate surface area is 206 Å². The van der Waals surface area contributed by atoms with Crippen molar-refractivity contribution in [1.82, 2.24) is 25.6 Å². The zero-order chi connectivity index (χ0) is 24.8. The summed E-state index contributed by atoms with van der Waals surface area (Å²) in [6.45, 7) is 4.28. The van der Waals surface area contributed by atoms with Crippen LogP contribution in [0.3, 0.4) is 0 Å². The minimum Gasteiger partial charge on any atom is -0.318 e. The molecule has 0 bridgehead atoms. The average Bonchev–Trinajstić information content (AvgIpc) is 3.16. The van der Waals surface area contributed by atoms with Gasteiger partial charge in [0.05, 0.1) is 40.4 Å². The molecule has 1 aromatic carbocycles. The third kappa shape index (κ3) is 6.24. The number of nitrogens with one attached hydrogen (secondary N) is 4. The molecule has 35 heavy (non-hydrogen) atoms. The highest BCUT2D eigenvalue weighted by atomic mass is 35.5. The van der Waals surface area contributed by atoms with Gasteiger partial charge in [-0.15, -0.1) is 0 Å². The van der Waals surface area contributed by atoms with Gasteiger partial charge in [-0.3, -0.25) is 19.4 Å². The van der Waals surface area contributed by atoms with Crippen molar-refractivity contribution in [2.45, 2.75) is 19.4 Å². The SMILES string of the molecule is Cc1ccc(NC(=O)C(=O)c2cnc(C3CNCCCN3)cn2)c(C(=O)Nc2ccc(Cl)cn2)c1. The van der Waals surface area contributed by atoms with E-state index in [1.54, 1.807) is 30.3 Å². The number of halogens is 1. The summed E-state index contributed by atoms with van der Waals surface area (Å²) < 4.78 is 0. The van der Waals surface area contributed by atoms with Gasteiger partial charge in [0.1, 0.15) is 11.5 Å². The van der Waals surface area contributed by atoms with Crippen LogP contribution >= 0.6 is 11.6 Å². The van der Waals surface area contributed by atoms with Crippen LogP contribution in [0.4, 0.5) is 11.5 Å². The van der Waals surface area contributed by atoms with Gasteiger partial charge < -0.3 is 21.3 Å². The molecule has 3 aromatic rings. The number of ketones is 1. The number of Topliss-reactive ketones (excluding diaryl/α,β-unsaturated/α-hetero) is 1. The molecule has 2 amide bonds.